The van der Waals surface area contributed by atoms with Crippen molar-refractivity contribution in [1.82, 2.24) is 15.0 Å². The zero-order valence-electron chi connectivity index (χ0n) is 7.90. The lowest BCUT2D eigenvalue weighted by Crippen LogP contribution is -1.84. The first kappa shape index (κ1) is 9.27. The molecule has 1 N–H and O–H groups in total. The van der Waals surface area contributed by atoms with Crippen molar-refractivity contribution in [2.75, 3.05) is 0 Å². The van der Waals surface area contributed by atoms with Gasteiger partial charge in [-0.3, -0.25) is 4.98 Å². The number of aromatic amines is 1. The molecule has 0 aliphatic heterocycles. The van der Waals surface area contributed by atoms with Gasteiger partial charge in [0, 0.05) is 28.7 Å². The molecule has 72 valence electrons. The molecule has 2 aromatic heterocycles. The fraction of sp³-hybridized carbons (Fsp3) is 0.200. The van der Waals surface area contributed by atoms with Crippen molar-refractivity contribution < 1.29 is 0 Å². The molecule has 4 heteroatoms. The zero-order chi connectivity index (χ0) is 9.80. The van der Waals surface area contributed by atoms with Gasteiger partial charge in [0.05, 0.1) is 12.0 Å². The summed E-state index contributed by atoms with van der Waals surface area (Å²) < 4.78 is 0. The Balaban J connectivity index is 1.99. The molecule has 2 heterocycles. The number of thioether (sulfide) groups is 1. The van der Waals surface area contributed by atoms with Gasteiger partial charge in [-0.2, -0.15) is 0 Å². The SMILES string of the molecule is Cc1[nH]cnc1CSc1ccncc1. The molecule has 2 rings (SSSR count). The van der Waals surface area contributed by atoms with Crippen LogP contribution in [0.1, 0.15) is 11.4 Å². The maximum Gasteiger partial charge on any atom is 0.0925 e. The normalized spacial score (nSPS) is 10.4. The van der Waals surface area contributed by atoms with Crippen LogP contribution in [0, 0.1) is 6.92 Å². The molecule has 0 radical (unpaired) electrons. The molecule has 0 fully saturated rings. The first-order chi connectivity index (χ1) is 6.86. The first-order valence-electron chi connectivity index (χ1n) is 4.38. The largest absolute Gasteiger partial charge is 0.348 e. The van der Waals surface area contributed by atoms with Crippen molar-refractivity contribution in [1.29, 1.82) is 0 Å². The number of hydrogen-bond acceptors (Lipinski definition) is 3. The highest BCUT2D eigenvalue weighted by atomic mass is 32.2. The number of aryl methyl sites for hydroxylation is 1. The third-order valence-corrected chi connectivity index (χ3v) is 2.98. The Morgan fingerprint density at radius 1 is 1.36 bits per heavy atom. The molecule has 0 amide bonds. The molecule has 0 aliphatic rings. The Bertz CT molecular complexity index is 397. The van der Waals surface area contributed by atoms with E-state index in [-0.39, 0.29) is 0 Å². The number of pyridine rings is 1. The van der Waals surface area contributed by atoms with Crippen LogP contribution in [0.5, 0.6) is 0 Å². The third kappa shape index (κ3) is 2.14. The highest BCUT2D eigenvalue weighted by Crippen LogP contribution is 2.21. The molecule has 0 atom stereocenters. The maximum absolute atomic E-state index is 4.24. The first-order valence-corrected chi connectivity index (χ1v) is 5.36. The van der Waals surface area contributed by atoms with Gasteiger partial charge in [-0.1, -0.05) is 0 Å². The molecular weight excluding hydrogens is 194 g/mol. The van der Waals surface area contributed by atoms with E-state index in [0.717, 1.165) is 17.1 Å². The van der Waals surface area contributed by atoms with Crippen LogP contribution in [0.15, 0.2) is 35.7 Å². The van der Waals surface area contributed by atoms with E-state index in [2.05, 4.69) is 15.0 Å². The minimum atomic E-state index is 0.902. The van der Waals surface area contributed by atoms with Crippen LogP contribution in [0.4, 0.5) is 0 Å². The lowest BCUT2D eigenvalue weighted by molar-refractivity contribution is 1.18. The van der Waals surface area contributed by atoms with Gasteiger partial charge in [-0.05, 0) is 19.1 Å². The van der Waals surface area contributed by atoms with Crippen molar-refractivity contribution in [3.63, 3.8) is 0 Å². The molecule has 0 saturated carbocycles. The van der Waals surface area contributed by atoms with Crippen molar-refractivity contribution >= 4 is 11.8 Å². The van der Waals surface area contributed by atoms with E-state index in [0.29, 0.717) is 0 Å². The molecule has 0 unspecified atom stereocenters. The number of hydrogen-bond donors (Lipinski definition) is 1. The number of H-pyrrole nitrogens is 1. The molecule has 0 spiro atoms. The predicted molar refractivity (Wildman–Crippen MR) is 57.1 cm³/mol. The van der Waals surface area contributed by atoms with Crippen LogP contribution in [-0.2, 0) is 5.75 Å². The summed E-state index contributed by atoms with van der Waals surface area (Å²) in [5.74, 6) is 0.902. The lowest BCUT2D eigenvalue weighted by Gasteiger charge is -1.98. The summed E-state index contributed by atoms with van der Waals surface area (Å²) in [7, 11) is 0. The number of imidazole rings is 1. The van der Waals surface area contributed by atoms with E-state index >= 15 is 0 Å². The average molecular weight is 205 g/mol. The van der Waals surface area contributed by atoms with Gasteiger partial charge in [0.25, 0.3) is 0 Å². The van der Waals surface area contributed by atoms with Gasteiger partial charge in [0.15, 0.2) is 0 Å². The van der Waals surface area contributed by atoms with E-state index in [1.54, 1.807) is 30.5 Å². The van der Waals surface area contributed by atoms with Gasteiger partial charge in [0.2, 0.25) is 0 Å². The molecular formula is C10H11N3S. The fourth-order valence-corrected chi connectivity index (χ4v) is 2.03. The number of nitrogens with zero attached hydrogens (tertiary/aromatic N) is 2. The number of nitrogens with one attached hydrogen (secondary N) is 1. The van der Waals surface area contributed by atoms with E-state index in [4.69, 9.17) is 0 Å². The minimum Gasteiger partial charge on any atom is -0.348 e. The summed E-state index contributed by atoms with van der Waals surface area (Å²) in [6, 6.07) is 4.01. The van der Waals surface area contributed by atoms with E-state index in [9.17, 15) is 0 Å². The molecule has 14 heavy (non-hydrogen) atoms. The van der Waals surface area contributed by atoms with Crippen LogP contribution in [0.2, 0.25) is 0 Å². The number of rotatable bonds is 3. The average Bonchev–Trinajstić information content (AvgIpc) is 2.63. The summed E-state index contributed by atoms with van der Waals surface area (Å²) >= 11 is 1.77. The lowest BCUT2D eigenvalue weighted by atomic mass is 10.4. The van der Waals surface area contributed by atoms with Gasteiger partial charge in [0.1, 0.15) is 0 Å². The Morgan fingerprint density at radius 2 is 2.14 bits per heavy atom. The van der Waals surface area contributed by atoms with Gasteiger partial charge >= 0.3 is 0 Å². The standard InChI is InChI=1S/C10H11N3S/c1-8-10(13-7-12-8)6-14-9-2-4-11-5-3-9/h2-5,7H,6H2,1H3,(H,12,13). The fourth-order valence-electron chi connectivity index (χ4n) is 1.12. The Hall–Kier alpha value is -1.29. The second-order valence-electron chi connectivity index (χ2n) is 2.95. The topological polar surface area (TPSA) is 41.6 Å². The van der Waals surface area contributed by atoms with Gasteiger partial charge in [-0.15, -0.1) is 11.8 Å². The van der Waals surface area contributed by atoms with Crippen molar-refractivity contribution in [2.24, 2.45) is 0 Å². The van der Waals surface area contributed by atoms with E-state index < -0.39 is 0 Å². The molecule has 0 aromatic carbocycles. The summed E-state index contributed by atoms with van der Waals surface area (Å²) in [5, 5.41) is 0. The van der Waals surface area contributed by atoms with Crippen LogP contribution in [-0.4, -0.2) is 15.0 Å². The third-order valence-electron chi connectivity index (χ3n) is 1.96. The van der Waals surface area contributed by atoms with E-state index in [1.807, 2.05) is 19.1 Å². The van der Waals surface area contributed by atoms with Crippen LogP contribution >= 0.6 is 11.8 Å². The van der Waals surface area contributed by atoms with Crippen LogP contribution in [0.25, 0.3) is 0 Å². The van der Waals surface area contributed by atoms with E-state index in [1.165, 1.54) is 4.90 Å². The smallest absolute Gasteiger partial charge is 0.0925 e. The summed E-state index contributed by atoms with van der Waals surface area (Å²) in [4.78, 5) is 12.5. The quantitative estimate of drug-likeness (QED) is 0.782. The molecule has 2 aromatic rings. The van der Waals surface area contributed by atoms with Crippen molar-refractivity contribution in [3.05, 3.63) is 42.2 Å². The van der Waals surface area contributed by atoms with Crippen molar-refractivity contribution in [3.8, 4) is 0 Å². The van der Waals surface area contributed by atoms with Crippen LogP contribution < -0.4 is 0 Å². The maximum atomic E-state index is 4.24. The van der Waals surface area contributed by atoms with Gasteiger partial charge in [-0.25, -0.2) is 4.98 Å². The van der Waals surface area contributed by atoms with Crippen molar-refractivity contribution in [2.45, 2.75) is 17.6 Å². The molecule has 3 nitrogen and oxygen atoms in total. The Morgan fingerprint density at radius 3 is 2.79 bits per heavy atom. The molecule has 0 aliphatic carbocycles. The second-order valence-corrected chi connectivity index (χ2v) is 3.99. The Kier molecular flexibility index (Phi) is 2.84. The predicted octanol–water partition coefficient (Wildman–Crippen LogP) is 2.41. The second kappa shape index (κ2) is 4.28. The van der Waals surface area contributed by atoms with Crippen LogP contribution in [0.3, 0.4) is 0 Å². The Labute approximate surface area is 87.0 Å². The highest BCUT2D eigenvalue weighted by molar-refractivity contribution is 7.98. The summed E-state index contributed by atoms with van der Waals surface area (Å²) in [6.07, 6.45) is 5.34. The number of aromatic nitrogens is 3. The zero-order valence-corrected chi connectivity index (χ0v) is 8.71. The van der Waals surface area contributed by atoms with Gasteiger partial charge < -0.3 is 4.98 Å². The molecule has 0 saturated heterocycles. The summed E-state index contributed by atoms with van der Waals surface area (Å²) in [6.45, 7) is 2.04. The highest BCUT2D eigenvalue weighted by Gasteiger charge is 2.01. The minimum absolute atomic E-state index is 0.902. The molecule has 0 bridgehead atoms. The monoisotopic (exact) mass is 205 g/mol. The summed E-state index contributed by atoms with van der Waals surface area (Å²) in [5.41, 5.74) is 2.26.